The van der Waals surface area contributed by atoms with Gasteiger partial charge in [-0.15, -0.1) is 24.0 Å². The van der Waals surface area contributed by atoms with Crippen LogP contribution in [0.25, 0.3) is 21.3 Å². The van der Waals surface area contributed by atoms with Crippen molar-refractivity contribution in [1.82, 2.24) is 4.98 Å². The summed E-state index contributed by atoms with van der Waals surface area (Å²) in [7, 11) is 0. The molecule has 0 aliphatic rings. The topological polar surface area (TPSA) is 88.8 Å². The number of hydrogen-bond acceptors (Lipinski definition) is 5. The zero-order valence-electron chi connectivity index (χ0n) is 12.1. The lowest BCUT2D eigenvalue weighted by molar-refractivity contribution is 1.05. The molecule has 0 atom stereocenters. The van der Waals surface area contributed by atoms with Crippen LogP contribution in [0.1, 0.15) is 16.1 Å². The zero-order chi connectivity index (χ0) is 15.9. The second kappa shape index (κ2) is 5.72. The van der Waals surface area contributed by atoms with E-state index in [9.17, 15) is 0 Å². The fourth-order valence-corrected chi connectivity index (χ4v) is 3.53. The van der Waals surface area contributed by atoms with E-state index < -0.39 is 0 Å². The molecule has 3 aromatic rings. The van der Waals surface area contributed by atoms with Gasteiger partial charge in [-0.1, -0.05) is 12.1 Å². The van der Waals surface area contributed by atoms with Crippen LogP contribution in [0.3, 0.4) is 0 Å². The second-order valence-corrected chi connectivity index (χ2v) is 6.64. The summed E-state index contributed by atoms with van der Waals surface area (Å²) < 4.78 is 1.11. The molecule has 4 nitrogen and oxygen atoms in total. The van der Waals surface area contributed by atoms with E-state index in [0.717, 1.165) is 42.4 Å². The van der Waals surface area contributed by atoms with Gasteiger partial charge in [-0.25, -0.2) is 4.98 Å². The molecule has 0 saturated carbocycles. The molecule has 0 amide bonds. The lowest BCUT2D eigenvalue weighted by Gasteiger charge is -2.13. The molecule has 3 rings (SSSR count). The number of thiol groups is 1. The molecule has 0 spiro atoms. The first-order valence-electron chi connectivity index (χ1n) is 6.78. The molecule has 112 valence electrons. The Kier molecular flexibility index (Phi) is 3.90. The van der Waals surface area contributed by atoms with Gasteiger partial charge >= 0.3 is 0 Å². The van der Waals surface area contributed by atoms with Crippen LogP contribution in [0, 0.1) is 12.3 Å². The smallest absolute Gasteiger partial charge is 0.123 e. The Morgan fingerprint density at radius 3 is 2.77 bits per heavy atom. The SMILES string of the molecule is Cc1c(S)ccc(-c2ccc3sc(CN)nc3c2)c1C(=N)N. The monoisotopic (exact) mass is 328 g/mol. The minimum Gasteiger partial charge on any atom is -0.384 e. The van der Waals surface area contributed by atoms with E-state index in [1.165, 1.54) is 0 Å². The van der Waals surface area contributed by atoms with Crippen molar-refractivity contribution in [3.63, 3.8) is 0 Å². The van der Waals surface area contributed by atoms with Gasteiger partial charge in [0.1, 0.15) is 10.8 Å². The summed E-state index contributed by atoms with van der Waals surface area (Å²) in [5.41, 5.74) is 15.9. The number of rotatable bonds is 3. The average Bonchev–Trinajstić information content (AvgIpc) is 2.91. The van der Waals surface area contributed by atoms with Crippen LogP contribution in [-0.2, 0) is 6.54 Å². The summed E-state index contributed by atoms with van der Waals surface area (Å²) in [4.78, 5) is 5.35. The lowest BCUT2D eigenvalue weighted by atomic mass is 9.95. The van der Waals surface area contributed by atoms with Crippen molar-refractivity contribution in [2.45, 2.75) is 18.4 Å². The number of nitrogen functional groups attached to an aromatic ring is 1. The van der Waals surface area contributed by atoms with Crippen molar-refractivity contribution < 1.29 is 0 Å². The number of hydrogen-bond donors (Lipinski definition) is 4. The molecule has 0 radical (unpaired) electrons. The predicted octanol–water partition coefficient (Wildman–Crippen LogP) is 3.30. The minimum atomic E-state index is 0.0458. The fraction of sp³-hybridized carbons (Fsp3) is 0.125. The molecule has 5 N–H and O–H groups in total. The van der Waals surface area contributed by atoms with Gasteiger partial charge in [0.25, 0.3) is 0 Å². The lowest BCUT2D eigenvalue weighted by Crippen LogP contribution is -2.14. The molecule has 0 fully saturated rings. The first kappa shape index (κ1) is 15.0. The Hall–Kier alpha value is -1.89. The van der Waals surface area contributed by atoms with Crippen LogP contribution < -0.4 is 11.5 Å². The summed E-state index contributed by atoms with van der Waals surface area (Å²) in [5, 5.41) is 8.79. The van der Waals surface area contributed by atoms with Crippen molar-refractivity contribution in [2.24, 2.45) is 11.5 Å². The van der Waals surface area contributed by atoms with Gasteiger partial charge in [0.05, 0.1) is 10.2 Å². The van der Waals surface area contributed by atoms with Crippen LogP contribution in [0.5, 0.6) is 0 Å². The first-order chi connectivity index (χ1) is 10.5. The molecular formula is C16H16N4S2. The molecule has 1 heterocycles. The number of amidine groups is 1. The Morgan fingerprint density at radius 2 is 2.09 bits per heavy atom. The molecular weight excluding hydrogens is 312 g/mol. The highest BCUT2D eigenvalue weighted by Crippen LogP contribution is 2.32. The van der Waals surface area contributed by atoms with E-state index in [1.54, 1.807) is 11.3 Å². The van der Waals surface area contributed by atoms with Gasteiger partial charge in [0.2, 0.25) is 0 Å². The highest BCUT2D eigenvalue weighted by Gasteiger charge is 2.14. The maximum absolute atomic E-state index is 7.87. The average molecular weight is 328 g/mol. The minimum absolute atomic E-state index is 0.0458. The molecule has 0 unspecified atom stereocenters. The Balaban J connectivity index is 2.22. The third kappa shape index (κ3) is 2.49. The second-order valence-electron chi connectivity index (χ2n) is 5.04. The molecule has 0 aliphatic heterocycles. The van der Waals surface area contributed by atoms with Gasteiger partial charge in [-0.2, -0.15) is 0 Å². The van der Waals surface area contributed by atoms with Gasteiger partial charge in [0.15, 0.2) is 0 Å². The highest BCUT2D eigenvalue weighted by atomic mass is 32.1. The van der Waals surface area contributed by atoms with Gasteiger partial charge in [-0.05, 0) is 41.8 Å². The van der Waals surface area contributed by atoms with E-state index in [4.69, 9.17) is 16.9 Å². The number of nitrogens with one attached hydrogen (secondary N) is 1. The molecule has 22 heavy (non-hydrogen) atoms. The van der Waals surface area contributed by atoms with E-state index in [-0.39, 0.29) is 5.84 Å². The quantitative estimate of drug-likeness (QED) is 0.338. The van der Waals surface area contributed by atoms with Crippen LogP contribution >= 0.6 is 24.0 Å². The zero-order valence-corrected chi connectivity index (χ0v) is 13.8. The fourth-order valence-electron chi connectivity index (χ4n) is 2.52. The number of thiazole rings is 1. The number of nitrogens with zero attached hydrogens (tertiary/aromatic N) is 1. The normalized spacial score (nSPS) is 11.0. The van der Waals surface area contributed by atoms with Crippen LogP contribution in [-0.4, -0.2) is 10.8 Å². The van der Waals surface area contributed by atoms with E-state index in [1.807, 2.05) is 37.3 Å². The Morgan fingerprint density at radius 1 is 1.32 bits per heavy atom. The van der Waals surface area contributed by atoms with E-state index >= 15 is 0 Å². The van der Waals surface area contributed by atoms with Crippen molar-refractivity contribution in [3.8, 4) is 11.1 Å². The largest absolute Gasteiger partial charge is 0.384 e. The Bertz CT molecular complexity index is 883. The maximum atomic E-state index is 7.87. The van der Waals surface area contributed by atoms with E-state index in [0.29, 0.717) is 6.54 Å². The maximum Gasteiger partial charge on any atom is 0.123 e. The molecule has 0 saturated heterocycles. The Labute approximate surface area is 138 Å². The molecule has 2 aromatic carbocycles. The number of nitrogens with two attached hydrogens (primary N) is 2. The number of aromatic nitrogens is 1. The molecule has 0 aliphatic carbocycles. The molecule has 0 bridgehead atoms. The summed E-state index contributed by atoms with van der Waals surface area (Å²) in [5.74, 6) is 0.0458. The number of fused-ring (bicyclic) bond motifs is 1. The van der Waals surface area contributed by atoms with Crippen LogP contribution in [0.2, 0.25) is 0 Å². The van der Waals surface area contributed by atoms with Gasteiger partial charge < -0.3 is 11.5 Å². The molecule has 1 aromatic heterocycles. The first-order valence-corrected chi connectivity index (χ1v) is 8.04. The van der Waals surface area contributed by atoms with Crippen molar-refractivity contribution >= 4 is 40.0 Å². The van der Waals surface area contributed by atoms with Crippen LogP contribution in [0.15, 0.2) is 35.2 Å². The van der Waals surface area contributed by atoms with E-state index in [2.05, 4.69) is 17.6 Å². The third-order valence-electron chi connectivity index (χ3n) is 3.62. The summed E-state index contributed by atoms with van der Waals surface area (Å²) in [6, 6.07) is 9.96. The van der Waals surface area contributed by atoms with Gasteiger partial charge in [0, 0.05) is 17.0 Å². The summed E-state index contributed by atoms with van der Waals surface area (Å²) >= 11 is 6.02. The van der Waals surface area contributed by atoms with Crippen molar-refractivity contribution in [3.05, 3.63) is 46.5 Å². The van der Waals surface area contributed by atoms with Crippen molar-refractivity contribution in [2.75, 3.05) is 0 Å². The third-order valence-corrected chi connectivity index (χ3v) is 5.17. The standard InChI is InChI=1S/C16H16N4S2/c1-8-12(21)4-3-10(15(8)16(18)19)9-2-5-13-11(6-9)20-14(7-17)22-13/h2-6,21H,7,17H2,1H3,(H3,18,19). The highest BCUT2D eigenvalue weighted by molar-refractivity contribution is 7.80. The predicted molar refractivity (Wildman–Crippen MR) is 96.0 cm³/mol. The van der Waals surface area contributed by atoms with Gasteiger partial charge in [-0.3, -0.25) is 5.41 Å². The molecule has 6 heteroatoms. The van der Waals surface area contributed by atoms with Crippen LogP contribution in [0.4, 0.5) is 0 Å². The van der Waals surface area contributed by atoms with Crippen molar-refractivity contribution in [1.29, 1.82) is 5.41 Å². The summed E-state index contributed by atoms with van der Waals surface area (Å²) in [6.45, 7) is 2.37. The number of benzene rings is 2. The summed E-state index contributed by atoms with van der Waals surface area (Å²) in [6.07, 6.45) is 0.